The predicted molar refractivity (Wildman–Crippen MR) is 254 cm³/mol. The third-order valence-electron chi connectivity index (χ3n) is 14.0. The van der Waals surface area contributed by atoms with Gasteiger partial charge in [-0.05, 0) is 116 Å². The SMILES string of the molecule is CC1(C)c2ccccc2-c2ccc(-c3cc(N(c4ccc5c(c4)C(C)(C)c4ccccc4-5)c4ccc5c(c4)oc4ccccc45)c4oc5c6ccccc6ccc5c4c3)cc21. The first-order chi connectivity index (χ1) is 29.7. The van der Waals surface area contributed by atoms with Crippen LogP contribution in [0.5, 0.6) is 0 Å². The second-order valence-corrected chi connectivity index (χ2v) is 18.1. The predicted octanol–water partition coefficient (Wildman–Crippen LogP) is 16.4. The van der Waals surface area contributed by atoms with Gasteiger partial charge in [-0.15, -0.1) is 0 Å². The van der Waals surface area contributed by atoms with Crippen molar-refractivity contribution in [3.05, 3.63) is 198 Å². The van der Waals surface area contributed by atoms with Crippen LogP contribution < -0.4 is 4.90 Å². The molecular formula is C58H41NO2. The van der Waals surface area contributed by atoms with E-state index in [1.807, 2.05) is 6.07 Å². The van der Waals surface area contributed by atoms with Gasteiger partial charge >= 0.3 is 0 Å². The molecule has 9 aromatic carbocycles. The average molecular weight is 784 g/mol. The lowest BCUT2D eigenvalue weighted by Gasteiger charge is -2.28. The van der Waals surface area contributed by atoms with E-state index < -0.39 is 0 Å². The monoisotopic (exact) mass is 783 g/mol. The fraction of sp³-hybridized carbons (Fsp3) is 0.103. The second-order valence-electron chi connectivity index (χ2n) is 18.1. The molecule has 0 aliphatic heterocycles. The molecule has 3 nitrogen and oxygen atoms in total. The highest BCUT2D eigenvalue weighted by Crippen LogP contribution is 2.54. The zero-order valence-electron chi connectivity index (χ0n) is 34.5. The largest absolute Gasteiger partial charge is 0.456 e. The third-order valence-corrected chi connectivity index (χ3v) is 14.0. The summed E-state index contributed by atoms with van der Waals surface area (Å²) < 4.78 is 13.8. The molecule has 0 bridgehead atoms. The number of benzene rings is 9. The van der Waals surface area contributed by atoms with Gasteiger partial charge in [0.25, 0.3) is 0 Å². The highest BCUT2D eigenvalue weighted by molar-refractivity contribution is 6.19. The van der Waals surface area contributed by atoms with Gasteiger partial charge in [0.2, 0.25) is 0 Å². The number of furan rings is 2. The number of fused-ring (bicyclic) bond motifs is 14. The van der Waals surface area contributed by atoms with E-state index in [1.54, 1.807) is 0 Å². The molecule has 2 aliphatic rings. The van der Waals surface area contributed by atoms with Gasteiger partial charge in [0.05, 0.1) is 11.4 Å². The van der Waals surface area contributed by atoms with Crippen LogP contribution in [0, 0.1) is 0 Å². The van der Waals surface area contributed by atoms with E-state index in [0.29, 0.717) is 0 Å². The highest BCUT2D eigenvalue weighted by atomic mass is 16.3. The molecule has 2 heterocycles. The molecule has 0 saturated carbocycles. The summed E-state index contributed by atoms with van der Waals surface area (Å²) in [6, 6.07) is 64.4. The quantitative estimate of drug-likeness (QED) is 0.178. The third kappa shape index (κ3) is 4.75. The molecule has 290 valence electrons. The Morgan fingerprint density at radius 1 is 0.361 bits per heavy atom. The Bertz CT molecular complexity index is 3670. The summed E-state index contributed by atoms with van der Waals surface area (Å²) in [5.74, 6) is 0. The van der Waals surface area contributed by atoms with Crippen molar-refractivity contribution in [2.45, 2.75) is 38.5 Å². The van der Waals surface area contributed by atoms with Crippen LogP contribution in [-0.4, -0.2) is 0 Å². The minimum Gasteiger partial charge on any atom is -0.456 e. The summed E-state index contributed by atoms with van der Waals surface area (Å²) >= 11 is 0. The van der Waals surface area contributed by atoms with Crippen molar-refractivity contribution in [2.75, 3.05) is 4.90 Å². The van der Waals surface area contributed by atoms with Crippen LogP contribution in [0.4, 0.5) is 17.1 Å². The smallest absolute Gasteiger partial charge is 0.159 e. The highest BCUT2D eigenvalue weighted by Gasteiger charge is 2.37. The fourth-order valence-corrected chi connectivity index (χ4v) is 10.9. The van der Waals surface area contributed by atoms with Gasteiger partial charge in [0.15, 0.2) is 5.58 Å². The molecule has 11 aromatic rings. The van der Waals surface area contributed by atoms with Crippen LogP contribution in [0.3, 0.4) is 0 Å². The van der Waals surface area contributed by atoms with Crippen LogP contribution in [0.1, 0.15) is 49.9 Å². The molecule has 0 spiro atoms. The normalized spacial score (nSPS) is 14.5. The van der Waals surface area contributed by atoms with Gasteiger partial charge in [-0.25, -0.2) is 0 Å². The van der Waals surface area contributed by atoms with E-state index >= 15 is 0 Å². The Morgan fingerprint density at radius 2 is 0.951 bits per heavy atom. The van der Waals surface area contributed by atoms with Crippen molar-refractivity contribution in [3.63, 3.8) is 0 Å². The van der Waals surface area contributed by atoms with Gasteiger partial charge < -0.3 is 13.7 Å². The Balaban J connectivity index is 1.11. The fourth-order valence-electron chi connectivity index (χ4n) is 10.9. The molecule has 61 heavy (non-hydrogen) atoms. The van der Waals surface area contributed by atoms with Crippen LogP contribution in [0.15, 0.2) is 185 Å². The van der Waals surface area contributed by atoms with Crippen LogP contribution in [0.25, 0.3) is 88.0 Å². The maximum Gasteiger partial charge on any atom is 0.159 e. The molecule has 13 rings (SSSR count). The van der Waals surface area contributed by atoms with Crippen molar-refractivity contribution in [3.8, 4) is 33.4 Å². The van der Waals surface area contributed by atoms with E-state index in [4.69, 9.17) is 8.83 Å². The minimum absolute atomic E-state index is 0.126. The molecule has 0 radical (unpaired) electrons. The Kier molecular flexibility index (Phi) is 6.85. The molecule has 0 saturated heterocycles. The lowest BCUT2D eigenvalue weighted by Crippen LogP contribution is -2.16. The van der Waals surface area contributed by atoms with E-state index in [-0.39, 0.29) is 10.8 Å². The summed E-state index contributed by atoms with van der Waals surface area (Å²) in [5.41, 5.74) is 19.1. The summed E-state index contributed by atoms with van der Waals surface area (Å²) in [5, 5.41) is 6.66. The average Bonchev–Trinajstić information content (AvgIpc) is 3.99. The molecule has 3 heteroatoms. The lowest BCUT2D eigenvalue weighted by molar-refractivity contribution is 0.660. The minimum atomic E-state index is -0.180. The standard InChI is InChI=1S/C58H41NO2/c1-57(2)48-18-10-7-15-40(48)42-25-22-35(30-50(42)57)36-29-47-46-26-21-34-13-5-6-14-39(34)55(46)61-56(47)52(31-36)59(38-24-28-45-44-17-9-12-20-53(44)60-54(45)33-38)37-23-27-43-41-16-8-11-19-49(41)58(3,4)51(43)32-37/h5-33H,1-4H3. The molecule has 0 unspecified atom stereocenters. The molecule has 0 amide bonds. The van der Waals surface area contributed by atoms with E-state index in [2.05, 4.69) is 202 Å². The van der Waals surface area contributed by atoms with Crippen molar-refractivity contribution in [2.24, 2.45) is 0 Å². The molecule has 2 aromatic heterocycles. The number of nitrogens with zero attached hydrogens (tertiary/aromatic N) is 1. The van der Waals surface area contributed by atoms with Crippen LogP contribution in [-0.2, 0) is 10.8 Å². The van der Waals surface area contributed by atoms with Gasteiger partial charge in [-0.3, -0.25) is 0 Å². The molecule has 0 atom stereocenters. The summed E-state index contributed by atoms with van der Waals surface area (Å²) in [4.78, 5) is 2.40. The number of rotatable bonds is 4. The molecule has 0 N–H and O–H groups in total. The second kappa shape index (κ2) is 12.1. The van der Waals surface area contributed by atoms with Crippen molar-refractivity contribution < 1.29 is 8.83 Å². The van der Waals surface area contributed by atoms with Crippen LogP contribution in [0.2, 0.25) is 0 Å². The van der Waals surface area contributed by atoms with E-state index in [9.17, 15) is 0 Å². The Morgan fingerprint density at radius 3 is 1.74 bits per heavy atom. The molecule has 0 fully saturated rings. The first-order valence-electron chi connectivity index (χ1n) is 21.3. The first kappa shape index (κ1) is 34.5. The zero-order chi connectivity index (χ0) is 40.8. The maximum atomic E-state index is 7.22. The van der Waals surface area contributed by atoms with Crippen molar-refractivity contribution >= 4 is 71.7 Å². The van der Waals surface area contributed by atoms with Gasteiger partial charge in [-0.1, -0.05) is 143 Å². The topological polar surface area (TPSA) is 29.5 Å². The number of hydrogen-bond acceptors (Lipinski definition) is 3. The Labute approximate surface area is 354 Å². The number of para-hydroxylation sites is 1. The summed E-state index contributed by atoms with van der Waals surface area (Å²) in [6.07, 6.45) is 0. The zero-order valence-corrected chi connectivity index (χ0v) is 34.5. The van der Waals surface area contributed by atoms with Crippen LogP contribution >= 0.6 is 0 Å². The molecular weight excluding hydrogens is 743 g/mol. The first-order valence-corrected chi connectivity index (χ1v) is 21.3. The molecule has 2 aliphatic carbocycles. The van der Waals surface area contributed by atoms with Gasteiger partial charge in [-0.2, -0.15) is 0 Å². The lowest BCUT2D eigenvalue weighted by atomic mass is 9.81. The van der Waals surface area contributed by atoms with E-state index in [1.165, 1.54) is 50.1 Å². The van der Waals surface area contributed by atoms with Crippen molar-refractivity contribution in [1.82, 2.24) is 0 Å². The Hall–Kier alpha value is -7.36. The van der Waals surface area contributed by atoms with Gasteiger partial charge in [0, 0.05) is 49.5 Å². The van der Waals surface area contributed by atoms with Crippen molar-refractivity contribution in [1.29, 1.82) is 0 Å². The van der Waals surface area contributed by atoms with Gasteiger partial charge in [0.1, 0.15) is 16.7 Å². The summed E-state index contributed by atoms with van der Waals surface area (Å²) in [7, 11) is 0. The summed E-state index contributed by atoms with van der Waals surface area (Å²) in [6.45, 7) is 9.41. The maximum absolute atomic E-state index is 7.22. The number of hydrogen-bond donors (Lipinski definition) is 0. The number of anilines is 3. The van der Waals surface area contributed by atoms with E-state index in [0.717, 1.165) is 77.3 Å².